The Morgan fingerprint density at radius 2 is 1.93 bits per heavy atom. The van der Waals surface area contributed by atoms with Gasteiger partial charge in [0, 0.05) is 69.4 Å². The molecule has 1 fully saturated rings. The Morgan fingerprint density at radius 1 is 1.19 bits per heavy atom. The molecule has 142 valence electrons. The van der Waals surface area contributed by atoms with E-state index in [9.17, 15) is 9.18 Å². The molecule has 0 aliphatic carbocycles. The number of aromatic nitrogens is 2. The minimum Gasteiger partial charge on any atom is -0.343 e. The molecule has 0 radical (unpaired) electrons. The van der Waals surface area contributed by atoms with E-state index in [4.69, 9.17) is 4.98 Å². The van der Waals surface area contributed by atoms with Crippen LogP contribution in [0.4, 0.5) is 4.39 Å². The Kier molecular flexibility index (Phi) is 5.16. The van der Waals surface area contributed by atoms with Gasteiger partial charge in [-0.25, -0.2) is 14.4 Å². The molecule has 0 saturated carbocycles. The highest BCUT2D eigenvalue weighted by Crippen LogP contribution is 2.27. The number of rotatable bonds is 3. The number of fused-ring (bicyclic) bond motifs is 1. The second kappa shape index (κ2) is 7.72. The summed E-state index contributed by atoms with van der Waals surface area (Å²) >= 11 is 0. The summed E-state index contributed by atoms with van der Waals surface area (Å²) in [6.45, 7) is 5.82. The second-order valence-corrected chi connectivity index (χ2v) is 7.57. The lowest BCUT2D eigenvalue weighted by molar-refractivity contribution is -0.129. The minimum absolute atomic E-state index is 0.154. The number of hydrogen-bond donors (Lipinski definition) is 0. The van der Waals surface area contributed by atoms with E-state index in [0.29, 0.717) is 5.92 Å². The number of amides is 1. The van der Waals surface area contributed by atoms with Crippen molar-refractivity contribution in [2.45, 2.75) is 45.2 Å². The molecule has 0 N–H and O–H groups in total. The van der Waals surface area contributed by atoms with E-state index in [0.717, 1.165) is 69.1 Å². The zero-order valence-corrected chi connectivity index (χ0v) is 15.7. The highest BCUT2D eigenvalue weighted by Gasteiger charge is 2.25. The van der Waals surface area contributed by atoms with Crippen molar-refractivity contribution in [2.75, 3.05) is 19.6 Å². The average Bonchev–Trinajstić information content (AvgIpc) is 2.69. The zero-order chi connectivity index (χ0) is 18.8. The van der Waals surface area contributed by atoms with Gasteiger partial charge < -0.3 is 4.90 Å². The van der Waals surface area contributed by atoms with E-state index in [2.05, 4.69) is 9.88 Å². The standard InChI is InChI=1S/C21H25FN4O/c1-15(27)26-10-6-17(7-11-26)21-23-12-18-14-25(9-8-20(18)24-21)13-16-2-4-19(22)5-3-16/h2-5,12,17H,6-11,13-14H2,1H3. The van der Waals surface area contributed by atoms with Crippen LogP contribution in [-0.2, 0) is 24.3 Å². The van der Waals surface area contributed by atoms with Crippen molar-refractivity contribution < 1.29 is 9.18 Å². The van der Waals surface area contributed by atoms with Crippen molar-refractivity contribution in [3.05, 3.63) is 58.9 Å². The summed E-state index contributed by atoms with van der Waals surface area (Å²) in [6.07, 6.45) is 4.77. The molecule has 5 nitrogen and oxygen atoms in total. The van der Waals surface area contributed by atoms with Gasteiger partial charge in [0.1, 0.15) is 11.6 Å². The molecule has 1 aromatic carbocycles. The highest BCUT2D eigenvalue weighted by molar-refractivity contribution is 5.73. The molecule has 6 heteroatoms. The van der Waals surface area contributed by atoms with E-state index in [1.165, 1.54) is 17.7 Å². The van der Waals surface area contributed by atoms with Gasteiger partial charge in [-0.15, -0.1) is 0 Å². The smallest absolute Gasteiger partial charge is 0.219 e. The van der Waals surface area contributed by atoms with Crippen LogP contribution in [-0.4, -0.2) is 45.3 Å². The topological polar surface area (TPSA) is 49.3 Å². The number of piperidine rings is 1. The van der Waals surface area contributed by atoms with E-state index in [1.807, 2.05) is 23.2 Å². The Hall–Kier alpha value is -2.34. The monoisotopic (exact) mass is 368 g/mol. The lowest BCUT2D eigenvalue weighted by Gasteiger charge is -2.32. The van der Waals surface area contributed by atoms with Gasteiger partial charge in [-0.1, -0.05) is 12.1 Å². The SMILES string of the molecule is CC(=O)N1CCC(c2ncc3c(n2)CCN(Cc2ccc(F)cc2)C3)CC1. The maximum atomic E-state index is 13.1. The van der Waals surface area contributed by atoms with E-state index >= 15 is 0 Å². The van der Waals surface area contributed by atoms with Crippen molar-refractivity contribution in [1.29, 1.82) is 0 Å². The molecule has 0 bridgehead atoms. The first-order valence-corrected chi connectivity index (χ1v) is 9.65. The van der Waals surface area contributed by atoms with E-state index < -0.39 is 0 Å². The van der Waals surface area contributed by atoms with Crippen LogP contribution in [0.3, 0.4) is 0 Å². The van der Waals surface area contributed by atoms with Gasteiger partial charge in [0.05, 0.1) is 0 Å². The first-order chi connectivity index (χ1) is 13.1. The Morgan fingerprint density at radius 3 is 2.63 bits per heavy atom. The van der Waals surface area contributed by atoms with Crippen molar-refractivity contribution in [3.8, 4) is 0 Å². The fourth-order valence-corrected chi connectivity index (χ4v) is 4.02. The molecular weight excluding hydrogens is 343 g/mol. The van der Waals surface area contributed by atoms with Gasteiger partial charge in [0.25, 0.3) is 0 Å². The Bertz CT molecular complexity index is 815. The number of benzene rings is 1. The summed E-state index contributed by atoms with van der Waals surface area (Å²) < 4.78 is 13.1. The summed E-state index contributed by atoms with van der Waals surface area (Å²) in [7, 11) is 0. The summed E-state index contributed by atoms with van der Waals surface area (Å²) in [5, 5.41) is 0. The van der Waals surface area contributed by atoms with Crippen LogP contribution < -0.4 is 0 Å². The predicted octanol–water partition coefficient (Wildman–Crippen LogP) is 2.90. The van der Waals surface area contributed by atoms with Crippen molar-refractivity contribution >= 4 is 5.91 Å². The third-order valence-electron chi connectivity index (χ3n) is 5.66. The number of nitrogens with zero attached hydrogens (tertiary/aromatic N) is 4. The molecule has 4 rings (SSSR count). The van der Waals surface area contributed by atoms with Gasteiger partial charge in [0.15, 0.2) is 0 Å². The molecule has 2 aromatic rings. The van der Waals surface area contributed by atoms with Crippen LogP contribution in [0, 0.1) is 5.82 Å². The minimum atomic E-state index is -0.196. The average molecular weight is 368 g/mol. The van der Waals surface area contributed by atoms with Gasteiger partial charge in [-0.05, 0) is 30.5 Å². The molecule has 27 heavy (non-hydrogen) atoms. The van der Waals surface area contributed by atoms with Crippen molar-refractivity contribution in [3.63, 3.8) is 0 Å². The number of likely N-dealkylation sites (tertiary alicyclic amines) is 1. The molecule has 0 unspecified atom stereocenters. The van der Waals surface area contributed by atoms with E-state index in [1.54, 1.807) is 6.92 Å². The maximum absolute atomic E-state index is 13.1. The van der Waals surface area contributed by atoms with Crippen LogP contribution >= 0.6 is 0 Å². The summed E-state index contributed by atoms with van der Waals surface area (Å²) in [6, 6.07) is 6.72. The quantitative estimate of drug-likeness (QED) is 0.836. The number of carbonyl (C=O) groups excluding carboxylic acids is 1. The molecular formula is C21H25FN4O. The molecule has 1 aromatic heterocycles. The first-order valence-electron chi connectivity index (χ1n) is 9.65. The number of hydrogen-bond acceptors (Lipinski definition) is 4. The van der Waals surface area contributed by atoms with Gasteiger partial charge in [0.2, 0.25) is 5.91 Å². The summed E-state index contributed by atoms with van der Waals surface area (Å²) in [4.78, 5) is 25.3. The molecule has 1 saturated heterocycles. The zero-order valence-electron chi connectivity index (χ0n) is 15.7. The van der Waals surface area contributed by atoms with Crippen LogP contribution in [0.1, 0.15) is 48.3 Å². The summed E-state index contributed by atoms with van der Waals surface area (Å²) in [5.41, 5.74) is 3.47. The number of halogens is 1. The maximum Gasteiger partial charge on any atom is 0.219 e. The largest absolute Gasteiger partial charge is 0.343 e. The molecule has 2 aliphatic heterocycles. The van der Waals surface area contributed by atoms with Crippen LogP contribution in [0.15, 0.2) is 30.5 Å². The Balaban J connectivity index is 1.39. The molecule has 3 heterocycles. The molecule has 0 spiro atoms. The third-order valence-corrected chi connectivity index (χ3v) is 5.66. The molecule has 2 aliphatic rings. The predicted molar refractivity (Wildman–Crippen MR) is 100 cm³/mol. The molecule has 1 amide bonds. The lowest BCUT2D eigenvalue weighted by Crippen LogP contribution is -2.37. The van der Waals surface area contributed by atoms with Gasteiger partial charge in [-0.2, -0.15) is 0 Å². The highest BCUT2D eigenvalue weighted by atomic mass is 19.1. The van der Waals surface area contributed by atoms with Crippen LogP contribution in [0.25, 0.3) is 0 Å². The third kappa shape index (κ3) is 4.16. The fraction of sp³-hybridized carbons (Fsp3) is 0.476. The summed E-state index contributed by atoms with van der Waals surface area (Å²) in [5.74, 6) is 1.24. The van der Waals surface area contributed by atoms with Crippen LogP contribution in [0.5, 0.6) is 0 Å². The fourth-order valence-electron chi connectivity index (χ4n) is 4.02. The Labute approximate surface area is 159 Å². The van der Waals surface area contributed by atoms with E-state index in [-0.39, 0.29) is 11.7 Å². The lowest BCUT2D eigenvalue weighted by atomic mass is 9.95. The van der Waals surface area contributed by atoms with Gasteiger partial charge >= 0.3 is 0 Å². The molecule has 0 atom stereocenters. The number of carbonyl (C=O) groups is 1. The first kappa shape index (κ1) is 18.0. The normalized spacial score (nSPS) is 18.4. The second-order valence-electron chi connectivity index (χ2n) is 7.57. The van der Waals surface area contributed by atoms with Crippen molar-refractivity contribution in [1.82, 2.24) is 19.8 Å². The van der Waals surface area contributed by atoms with Crippen molar-refractivity contribution in [2.24, 2.45) is 0 Å². The van der Waals surface area contributed by atoms with Crippen LogP contribution in [0.2, 0.25) is 0 Å². The van der Waals surface area contributed by atoms with Gasteiger partial charge in [-0.3, -0.25) is 9.69 Å².